The van der Waals surface area contributed by atoms with Gasteiger partial charge in [-0.3, -0.25) is 4.79 Å². The number of carbonyl (C=O) groups excluding carboxylic acids is 1. The number of primary amides is 1. The van der Waals surface area contributed by atoms with Crippen molar-refractivity contribution in [2.45, 2.75) is 25.8 Å². The van der Waals surface area contributed by atoms with Crippen molar-refractivity contribution >= 4 is 23.2 Å². The average molecular weight is 282 g/mol. The van der Waals surface area contributed by atoms with Crippen LogP contribution < -0.4 is 16.0 Å². The SMILES string of the molecule is CCN(CC1CCCN1)c1cccc(Cl)c1C(N)=O. The third kappa shape index (κ3) is 3.19. The molecular formula is C14H20ClN3O. The van der Waals surface area contributed by atoms with Crippen molar-refractivity contribution in [3.05, 3.63) is 28.8 Å². The second-order valence-corrected chi connectivity index (χ2v) is 5.24. The molecule has 4 nitrogen and oxygen atoms in total. The standard InChI is InChI=1S/C14H20ClN3O/c1-2-18(9-10-5-4-8-17-10)12-7-3-6-11(15)13(12)14(16)19/h3,6-7,10,17H,2,4-5,8-9H2,1H3,(H2,16,19). The van der Waals surface area contributed by atoms with Crippen LogP contribution in [0.25, 0.3) is 0 Å². The number of hydrogen-bond donors (Lipinski definition) is 2. The van der Waals surface area contributed by atoms with Gasteiger partial charge in [0.2, 0.25) is 0 Å². The number of nitrogens with two attached hydrogens (primary N) is 1. The first-order valence-corrected chi connectivity index (χ1v) is 7.08. The quantitative estimate of drug-likeness (QED) is 0.868. The number of carbonyl (C=O) groups is 1. The Morgan fingerprint density at radius 3 is 2.95 bits per heavy atom. The van der Waals surface area contributed by atoms with Gasteiger partial charge in [-0.25, -0.2) is 0 Å². The second kappa shape index (κ2) is 6.26. The molecule has 1 aromatic rings. The molecule has 0 radical (unpaired) electrons. The Bertz CT molecular complexity index is 458. The lowest BCUT2D eigenvalue weighted by Gasteiger charge is -2.28. The molecule has 1 heterocycles. The van der Waals surface area contributed by atoms with E-state index >= 15 is 0 Å². The Kier molecular flexibility index (Phi) is 4.66. The smallest absolute Gasteiger partial charge is 0.252 e. The van der Waals surface area contributed by atoms with Gasteiger partial charge in [-0.2, -0.15) is 0 Å². The van der Waals surface area contributed by atoms with E-state index in [1.165, 1.54) is 12.8 Å². The summed E-state index contributed by atoms with van der Waals surface area (Å²) in [6.07, 6.45) is 2.38. The molecule has 1 saturated heterocycles. The number of anilines is 1. The molecule has 19 heavy (non-hydrogen) atoms. The number of hydrogen-bond acceptors (Lipinski definition) is 3. The second-order valence-electron chi connectivity index (χ2n) is 4.83. The zero-order valence-corrected chi connectivity index (χ0v) is 11.9. The molecular weight excluding hydrogens is 262 g/mol. The maximum absolute atomic E-state index is 11.6. The summed E-state index contributed by atoms with van der Waals surface area (Å²) in [6, 6.07) is 5.94. The fourth-order valence-corrected chi connectivity index (χ4v) is 2.86. The minimum atomic E-state index is -0.474. The van der Waals surface area contributed by atoms with E-state index in [1.807, 2.05) is 12.1 Å². The van der Waals surface area contributed by atoms with Crippen LogP contribution in [0.4, 0.5) is 5.69 Å². The minimum Gasteiger partial charge on any atom is -0.370 e. The summed E-state index contributed by atoms with van der Waals surface area (Å²) in [5.41, 5.74) is 6.70. The van der Waals surface area contributed by atoms with E-state index in [9.17, 15) is 4.79 Å². The highest BCUT2D eigenvalue weighted by molar-refractivity contribution is 6.34. The molecule has 104 valence electrons. The summed E-state index contributed by atoms with van der Waals surface area (Å²) in [5, 5.41) is 3.88. The van der Waals surface area contributed by atoms with Gasteiger partial charge in [0.25, 0.3) is 5.91 Å². The molecule has 1 atom stereocenters. The highest BCUT2D eigenvalue weighted by Gasteiger charge is 2.21. The maximum Gasteiger partial charge on any atom is 0.252 e. The Morgan fingerprint density at radius 2 is 2.37 bits per heavy atom. The summed E-state index contributed by atoms with van der Waals surface area (Å²) in [6.45, 7) is 4.83. The number of halogens is 1. The Morgan fingerprint density at radius 1 is 1.58 bits per heavy atom. The summed E-state index contributed by atoms with van der Waals surface area (Å²) >= 11 is 6.10. The van der Waals surface area contributed by atoms with Gasteiger partial charge in [0.05, 0.1) is 16.3 Å². The molecule has 0 aliphatic carbocycles. The third-order valence-electron chi connectivity index (χ3n) is 3.56. The van der Waals surface area contributed by atoms with Crippen LogP contribution in [0, 0.1) is 0 Å². The number of nitrogens with zero attached hydrogens (tertiary/aromatic N) is 1. The molecule has 1 unspecified atom stereocenters. The average Bonchev–Trinajstić information content (AvgIpc) is 2.88. The number of rotatable bonds is 5. The van der Waals surface area contributed by atoms with Gasteiger partial charge in [0, 0.05) is 19.1 Å². The molecule has 0 aromatic heterocycles. The summed E-state index contributed by atoms with van der Waals surface area (Å²) in [7, 11) is 0. The van der Waals surface area contributed by atoms with Gasteiger partial charge in [-0.1, -0.05) is 17.7 Å². The van der Waals surface area contributed by atoms with Gasteiger partial charge in [0.15, 0.2) is 0 Å². The van der Waals surface area contributed by atoms with Crippen molar-refractivity contribution in [2.75, 3.05) is 24.5 Å². The van der Waals surface area contributed by atoms with Crippen LogP contribution in [0.3, 0.4) is 0 Å². The van der Waals surface area contributed by atoms with Crippen LogP contribution in [0.15, 0.2) is 18.2 Å². The van der Waals surface area contributed by atoms with E-state index in [1.54, 1.807) is 6.07 Å². The number of likely N-dealkylation sites (N-methyl/N-ethyl adjacent to an activating group) is 1. The summed E-state index contributed by atoms with van der Waals surface area (Å²) in [4.78, 5) is 13.8. The molecule has 0 spiro atoms. The van der Waals surface area contributed by atoms with Crippen LogP contribution in [-0.2, 0) is 0 Å². The van der Waals surface area contributed by atoms with Crippen molar-refractivity contribution in [1.29, 1.82) is 0 Å². The number of amides is 1. The first-order valence-electron chi connectivity index (χ1n) is 6.70. The lowest BCUT2D eigenvalue weighted by Crippen LogP contribution is -2.38. The van der Waals surface area contributed by atoms with Crippen molar-refractivity contribution in [2.24, 2.45) is 5.73 Å². The van der Waals surface area contributed by atoms with E-state index in [4.69, 9.17) is 17.3 Å². The van der Waals surface area contributed by atoms with E-state index in [0.29, 0.717) is 16.6 Å². The topological polar surface area (TPSA) is 58.4 Å². The van der Waals surface area contributed by atoms with Crippen molar-refractivity contribution in [3.63, 3.8) is 0 Å². The lowest BCUT2D eigenvalue weighted by atomic mass is 10.1. The molecule has 5 heteroatoms. The largest absolute Gasteiger partial charge is 0.370 e. The maximum atomic E-state index is 11.6. The Labute approximate surface area is 118 Å². The fourth-order valence-electron chi connectivity index (χ4n) is 2.60. The molecule has 2 rings (SSSR count). The van der Waals surface area contributed by atoms with E-state index in [0.717, 1.165) is 25.3 Å². The van der Waals surface area contributed by atoms with Crippen molar-refractivity contribution in [1.82, 2.24) is 5.32 Å². The molecule has 0 bridgehead atoms. The molecule has 1 fully saturated rings. The fraction of sp³-hybridized carbons (Fsp3) is 0.500. The van der Waals surface area contributed by atoms with E-state index < -0.39 is 5.91 Å². The van der Waals surface area contributed by atoms with Crippen LogP contribution in [0.5, 0.6) is 0 Å². The van der Waals surface area contributed by atoms with Crippen molar-refractivity contribution < 1.29 is 4.79 Å². The predicted molar refractivity (Wildman–Crippen MR) is 78.9 cm³/mol. The Balaban J connectivity index is 2.26. The molecule has 1 aliphatic rings. The number of benzene rings is 1. The molecule has 0 saturated carbocycles. The third-order valence-corrected chi connectivity index (χ3v) is 3.88. The normalized spacial score (nSPS) is 18.5. The highest BCUT2D eigenvalue weighted by atomic mass is 35.5. The van der Waals surface area contributed by atoms with E-state index in [-0.39, 0.29) is 0 Å². The Hall–Kier alpha value is -1.26. The van der Waals surface area contributed by atoms with Gasteiger partial charge in [-0.15, -0.1) is 0 Å². The lowest BCUT2D eigenvalue weighted by molar-refractivity contribution is 0.100. The minimum absolute atomic E-state index is 0.419. The predicted octanol–water partition coefficient (Wildman–Crippen LogP) is 2.02. The molecule has 1 amide bonds. The van der Waals surface area contributed by atoms with Crippen molar-refractivity contribution in [3.8, 4) is 0 Å². The first-order chi connectivity index (χ1) is 9.13. The molecule has 1 aliphatic heterocycles. The monoisotopic (exact) mass is 281 g/mol. The van der Waals surface area contributed by atoms with Crippen LogP contribution in [-0.4, -0.2) is 31.6 Å². The van der Waals surface area contributed by atoms with E-state index in [2.05, 4.69) is 17.1 Å². The summed E-state index contributed by atoms with van der Waals surface area (Å²) in [5.74, 6) is -0.474. The first kappa shape index (κ1) is 14.2. The van der Waals surface area contributed by atoms with Crippen LogP contribution in [0.2, 0.25) is 5.02 Å². The van der Waals surface area contributed by atoms with Gasteiger partial charge in [0.1, 0.15) is 0 Å². The van der Waals surface area contributed by atoms with Crippen LogP contribution in [0.1, 0.15) is 30.1 Å². The van der Waals surface area contributed by atoms with Crippen LogP contribution >= 0.6 is 11.6 Å². The number of nitrogens with one attached hydrogen (secondary N) is 1. The highest BCUT2D eigenvalue weighted by Crippen LogP contribution is 2.27. The van der Waals surface area contributed by atoms with Gasteiger partial charge in [-0.05, 0) is 38.4 Å². The van der Waals surface area contributed by atoms with Gasteiger partial charge < -0.3 is 16.0 Å². The zero-order chi connectivity index (χ0) is 13.8. The van der Waals surface area contributed by atoms with Gasteiger partial charge >= 0.3 is 0 Å². The summed E-state index contributed by atoms with van der Waals surface area (Å²) < 4.78 is 0. The molecule has 1 aromatic carbocycles. The molecule has 3 N–H and O–H groups in total. The zero-order valence-electron chi connectivity index (χ0n) is 11.2.